The molecule has 162 valence electrons. The number of nitrogens with one attached hydrogen (secondary N) is 1. The van der Waals surface area contributed by atoms with Gasteiger partial charge in [0.05, 0.1) is 11.4 Å². The summed E-state index contributed by atoms with van der Waals surface area (Å²) in [5, 5.41) is 2.73. The van der Waals surface area contributed by atoms with Gasteiger partial charge in [-0.1, -0.05) is 24.6 Å². The molecule has 0 spiro atoms. The van der Waals surface area contributed by atoms with Crippen molar-refractivity contribution in [3.63, 3.8) is 0 Å². The molecule has 1 heterocycles. The number of hydrogen-bond acceptors (Lipinski definition) is 5. The van der Waals surface area contributed by atoms with Crippen molar-refractivity contribution in [2.45, 2.75) is 31.1 Å². The summed E-state index contributed by atoms with van der Waals surface area (Å²) in [6, 6.07) is 13.9. The molecule has 0 radical (unpaired) electrons. The Labute approximate surface area is 178 Å². The van der Waals surface area contributed by atoms with E-state index in [0.29, 0.717) is 31.1 Å². The Balaban J connectivity index is 1.40. The van der Waals surface area contributed by atoms with Gasteiger partial charge in [-0.05, 0) is 55.7 Å². The van der Waals surface area contributed by atoms with E-state index in [9.17, 15) is 13.2 Å². The van der Waals surface area contributed by atoms with Crippen LogP contribution in [0.3, 0.4) is 0 Å². The molecule has 1 amide bonds. The summed E-state index contributed by atoms with van der Waals surface area (Å²) in [7, 11) is -3.44. The Bertz CT molecular complexity index is 938. The van der Waals surface area contributed by atoms with Gasteiger partial charge in [-0.25, -0.2) is 8.42 Å². The van der Waals surface area contributed by atoms with Crippen LogP contribution in [0.5, 0.6) is 11.5 Å². The number of carbonyl (C=O) groups is 1. The van der Waals surface area contributed by atoms with Crippen molar-refractivity contribution in [1.82, 2.24) is 9.62 Å². The molecule has 0 bridgehead atoms. The zero-order valence-electron chi connectivity index (χ0n) is 17.2. The molecule has 2 aromatic carbocycles. The molecule has 1 aliphatic rings. The lowest BCUT2D eigenvalue weighted by Crippen LogP contribution is -2.35. The SMILES string of the molecule is Cc1ccccc1OCC(=O)NCCOc1ccc(S(=O)(=O)N2CCCCC2)cc1. The van der Waals surface area contributed by atoms with E-state index in [1.54, 1.807) is 28.6 Å². The van der Waals surface area contributed by atoms with Crippen molar-refractivity contribution in [3.05, 3.63) is 54.1 Å². The average Bonchev–Trinajstić information content (AvgIpc) is 2.77. The van der Waals surface area contributed by atoms with Crippen LogP contribution >= 0.6 is 0 Å². The molecule has 8 heteroatoms. The summed E-state index contributed by atoms with van der Waals surface area (Å²) in [5.74, 6) is 1.01. The van der Waals surface area contributed by atoms with Crippen molar-refractivity contribution in [2.75, 3.05) is 32.8 Å². The molecule has 1 saturated heterocycles. The molecule has 0 saturated carbocycles. The first-order chi connectivity index (χ1) is 14.5. The first-order valence-electron chi connectivity index (χ1n) is 10.1. The number of hydrogen-bond donors (Lipinski definition) is 1. The van der Waals surface area contributed by atoms with Gasteiger partial charge in [0.15, 0.2) is 6.61 Å². The maximum absolute atomic E-state index is 12.6. The number of para-hydroxylation sites is 1. The molecule has 0 unspecified atom stereocenters. The van der Waals surface area contributed by atoms with E-state index >= 15 is 0 Å². The highest BCUT2D eigenvalue weighted by Crippen LogP contribution is 2.22. The number of rotatable bonds is 9. The molecule has 1 fully saturated rings. The fraction of sp³-hybridized carbons (Fsp3) is 0.409. The molecule has 7 nitrogen and oxygen atoms in total. The lowest BCUT2D eigenvalue weighted by Gasteiger charge is -2.25. The summed E-state index contributed by atoms with van der Waals surface area (Å²) in [6.07, 6.45) is 2.89. The van der Waals surface area contributed by atoms with Crippen molar-refractivity contribution in [3.8, 4) is 11.5 Å². The molecular weight excluding hydrogens is 404 g/mol. The van der Waals surface area contributed by atoms with Crippen LogP contribution in [0.25, 0.3) is 0 Å². The van der Waals surface area contributed by atoms with Crippen LogP contribution in [0, 0.1) is 6.92 Å². The third-order valence-corrected chi connectivity index (χ3v) is 6.83. The van der Waals surface area contributed by atoms with Crippen LogP contribution in [-0.2, 0) is 14.8 Å². The van der Waals surface area contributed by atoms with Gasteiger partial charge in [0, 0.05) is 13.1 Å². The Kier molecular flexibility index (Phi) is 7.70. The normalized spacial score (nSPS) is 14.8. The molecule has 1 N–H and O–H groups in total. The number of nitrogens with zero attached hydrogens (tertiary/aromatic N) is 1. The van der Waals surface area contributed by atoms with Crippen LogP contribution < -0.4 is 14.8 Å². The standard InChI is InChI=1S/C22H28N2O5S/c1-18-7-3-4-8-21(18)29-17-22(25)23-13-16-28-19-9-11-20(12-10-19)30(26,27)24-14-5-2-6-15-24/h3-4,7-12H,2,5-6,13-17H2,1H3,(H,23,25). The van der Waals surface area contributed by atoms with E-state index in [4.69, 9.17) is 9.47 Å². The fourth-order valence-electron chi connectivity index (χ4n) is 3.23. The second-order valence-electron chi connectivity index (χ2n) is 7.19. The van der Waals surface area contributed by atoms with Crippen LogP contribution in [0.4, 0.5) is 0 Å². The molecule has 3 rings (SSSR count). The average molecular weight is 433 g/mol. The maximum atomic E-state index is 12.6. The van der Waals surface area contributed by atoms with E-state index in [-0.39, 0.29) is 24.0 Å². The van der Waals surface area contributed by atoms with Gasteiger partial charge in [-0.3, -0.25) is 4.79 Å². The summed E-state index contributed by atoms with van der Waals surface area (Å²) in [5.41, 5.74) is 0.972. The van der Waals surface area contributed by atoms with Gasteiger partial charge in [0.25, 0.3) is 5.91 Å². The largest absolute Gasteiger partial charge is 0.492 e. The van der Waals surface area contributed by atoms with Crippen LogP contribution in [0.1, 0.15) is 24.8 Å². The molecule has 2 aromatic rings. The van der Waals surface area contributed by atoms with Crippen LogP contribution in [-0.4, -0.2) is 51.5 Å². The summed E-state index contributed by atoms with van der Waals surface area (Å²) < 4.78 is 37.9. The summed E-state index contributed by atoms with van der Waals surface area (Å²) in [4.78, 5) is 12.2. The van der Waals surface area contributed by atoms with E-state index in [0.717, 1.165) is 24.8 Å². The van der Waals surface area contributed by atoms with Gasteiger partial charge in [0.2, 0.25) is 10.0 Å². The number of piperidine rings is 1. The van der Waals surface area contributed by atoms with E-state index in [2.05, 4.69) is 5.32 Å². The zero-order chi connectivity index (χ0) is 21.4. The number of sulfonamides is 1. The number of benzene rings is 2. The maximum Gasteiger partial charge on any atom is 0.258 e. The van der Waals surface area contributed by atoms with Crippen LogP contribution in [0.2, 0.25) is 0 Å². The van der Waals surface area contributed by atoms with Crippen LogP contribution in [0.15, 0.2) is 53.4 Å². The van der Waals surface area contributed by atoms with E-state index < -0.39 is 10.0 Å². The van der Waals surface area contributed by atoms with Crippen molar-refractivity contribution < 1.29 is 22.7 Å². The number of amides is 1. The first kappa shape index (κ1) is 22.1. The quantitative estimate of drug-likeness (QED) is 0.616. The van der Waals surface area contributed by atoms with E-state index in [1.807, 2.05) is 31.2 Å². The number of carbonyl (C=O) groups excluding carboxylic acids is 1. The summed E-state index contributed by atoms with van der Waals surface area (Å²) in [6.45, 7) is 3.61. The highest BCUT2D eigenvalue weighted by atomic mass is 32.2. The third kappa shape index (κ3) is 5.96. The molecule has 0 atom stereocenters. The molecular formula is C22H28N2O5S. The number of aryl methyl sites for hydroxylation is 1. The van der Waals surface area contributed by atoms with Crippen molar-refractivity contribution in [2.24, 2.45) is 0 Å². The van der Waals surface area contributed by atoms with Crippen molar-refractivity contribution in [1.29, 1.82) is 0 Å². The lowest BCUT2D eigenvalue weighted by molar-refractivity contribution is -0.123. The Hall–Kier alpha value is -2.58. The third-order valence-electron chi connectivity index (χ3n) is 4.92. The molecule has 30 heavy (non-hydrogen) atoms. The van der Waals surface area contributed by atoms with Gasteiger partial charge in [0.1, 0.15) is 18.1 Å². The number of ether oxygens (including phenoxy) is 2. The predicted octanol–water partition coefficient (Wildman–Crippen LogP) is 2.74. The second kappa shape index (κ2) is 10.4. The minimum Gasteiger partial charge on any atom is -0.492 e. The monoisotopic (exact) mass is 432 g/mol. The first-order valence-corrected chi connectivity index (χ1v) is 11.6. The highest BCUT2D eigenvalue weighted by Gasteiger charge is 2.25. The van der Waals surface area contributed by atoms with Gasteiger partial charge in [-0.15, -0.1) is 0 Å². The topological polar surface area (TPSA) is 84.9 Å². The Morgan fingerprint density at radius 3 is 2.40 bits per heavy atom. The molecule has 0 aromatic heterocycles. The Morgan fingerprint density at radius 2 is 1.70 bits per heavy atom. The smallest absolute Gasteiger partial charge is 0.258 e. The molecule has 0 aliphatic carbocycles. The van der Waals surface area contributed by atoms with E-state index in [1.165, 1.54) is 0 Å². The van der Waals surface area contributed by atoms with Gasteiger partial charge < -0.3 is 14.8 Å². The minimum absolute atomic E-state index is 0.0616. The van der Waals surface area contributed by atoms with Gasteiger partial charge >= 0.3 is 0 Å². The van der Waals surface area contributed by atoms with Crippen molar-refractivity contribution >= 4 is 15.9 Å². The molecule has 1 aliphatic heterocycles. The van der Waals surface area contributed by atoms with Gasteiger partial charge in [-0.2, -0.15) is 4.31 Å². The highest BCUT2D eigenvalue weighted by molar-refractivity contribution is 7.89. The predicted molar refractivity (Wildman–Crippen MR) is 114 cm³/mol. The second-order valence-corrected chi connectivity index (χ2v) is 9.13. The fourth-order valence-corrected chi connectivity index (χ4v) is 4.75. The summed E-state index contributed by atoms with van der Waals surface area (Å²) >= 11 is 0. The Morgan fingerprint density at radius 1 is 1.00 bits per heavy atom. The minimum atomic E-state index is -3.44. The zero-order valence-corrected chi connectivity index (χ0v) is 18.0. The lowest BCUT2D eigenvalue weighted by atomic mass is 10.2.